The molecule has 1 aromatic rings. The summed E-state index contributed by atoms with van der Waals surface area (Å²) >= 11 is 1.74. The molecule has 1 unspecified atom stereocenters. The van der Waals surface area contributed by atoms with Crippen LogP contribution >= 0.6 is 11.8 Å². The fraction of sp³-hybridized carbons (Fsp3) is 0.545. The van der Waals surface area contributed by atoms with Crippen LogP contribution < -0.4 is 0 Å². The predicted octanol–water partition coefficient (Wildman–Crippen LogP) is 0.849. The highest BCUT2D eigenvalue weighted by atomic mass is 32.2. The number of sulfonamides is 1. The van der Waals surface area contributed by atoms with Gasteiger partial charge in [0, 0.05) is 37.3 Å². The van der Waals surface area contributed by atoms with E-state index in [0.29, 0.717) is 13.1 Å². The molecular formula is C11H16N2O4S2. The highest BCUT2D eigenvalue weighted by Gasteiger charge is 2.30. The number of aryl methyl sites for hydroxylation is 1. The number of aromatic carboxylic acids is 1. The third-order valence-electron chi connectivity index (χ3n) is 3.04. The van der Waals surface area contributed by atoms with Crippen molar-refractivity contribution in [2.24, 2.45) is 7.05 Å². The van der Waals surface area contributed by atoms with Crippen LogP contribution in [0.1, 0.15) is 17.4 Å². The molecule has 1 fully saturated rings. The van der Waals surface area contributed by atoms with Crippen molar-refractivity contribution in [3.8, 4) is 0 Å². The maximum atomic E-state index is 12.4. The van der Waals surface area contributed by atoms with Gasteiger partial charge < -0.3 is 9.67 Å². The van der Waals surface area contributed by atoms with Crippen molar-refractivity contribution in [2.75, 3.05) is 18.8 Å². The summed E-state index contributed by atoms with van der Waals surface area (Å²) in [5.41, 5.74) is -0.0296. The second-order valence-corrected chi connectivity index (χ2v) is 8.01. The average Bonchev–Trinajstić information content (AvgIpc) is 2.72. The summed E-state index contributed by atoms with van der Waals surface area (Å²) in [5, 5.41) is 9.22. The molecule has 1 atom stereocenters. The molecule has 1 saturated heterocycles. The first kappa shape index (κ1) is 14.4. The molecule has 2 heterocycles. The van der Waals surface area contributed by atoms with Crippen LogP contribution in [0.3, 0.4) is 0 Å². The smallest absolute Gasteiger partial charge is 0.352 e. The van der Waals surface area contributed by atoms with E-state index in [0.717, 1.165) is 5.75 Å². The number of rotatable bonds is 3. The summed E-state index contributed by atoms with van der Waals surface area (Å²) in [5.74, 6) is -0.370. The van der Waals surface area contributed by atoms with Crippen molar-refractivity contribution in [1.29, 1.82) is 0 Å². The van der Waals surface area contributed by atoms with Gasteiger partial charge in [-0.1, -0.05) is 6.92 Å². The summed E-state index contributed by atoms with van der Waals surface area (Å²) in [6.07, 6.45) is 1.35. The minimum Gasteiger partial charge on any atom is -0.477 e. The van der Waals surface area contributed by atoms with Crippen molar-refractivity contribution in [1.82, 2.24) is 8.87 Å². The topological polar surface area (TPSA) is 79.6 Å². The molecule has 0 radical (unpaired) electrons. The Balaban J connectivity index is 2.34. The van der Waals surface area contributed by atoms with Crippen LogP contribution in [0.4, 0.5) is 0 Å². The third kappa shape index (κ3) is 2.80. The first-order chi connectivity index (χ1) is 8.82. The number of nitrogens with zero attached hydrogens (tertiary/aromatic N) is 2. The number of aromatic nitrogens is 1. The van der Waals surface area contributed by atoms with Gasteiger partial charge >= 0.3 is 5.97 Å². The molecule has 1 aromatic heterocycles. The van der Waals surface area contributed by atoms with Crippen LogP contribution in [0, 0.1) is 0 Å². The quantitative estimate of drug-likeness (QED) is 0.895. The molecule has 0 bridgehead atoms. The monoisotopic (exact) mass is 304 g/mol. The van der Waals surface area contributed by atoms with Crippen molar-refractivity contribution >= 4 is 27.8 Å². The summed E-state index contributed by atoms with van der Waals surface area (Å²) in [7, 11) is -2.07. The number of hydrogen-bond acceptors (Lipinski definition) is 4. The van der Waals surface area contributed by atoms with Gasteiger partial charge in [0.05, 0.1) is 0 Å². The first-order valence-electron chi connectivity index (χ1n) is 5.84. The molecule has 19 heavy (non-hydrogen) atoms. The van der Waals surface area contributed by atoms with Gasteiger partial charge in [0.1, 0.15) is 10.6 Å². The van der Waals surface area contributed by atoms with Gasteiger partial charge in [-0.3, -0.25) is 0 Å². The zero-order valence-corrected chi connectivity index (χ0v) is 12.4. The Morgan fingerprint density at radius 2 is 2.21 bits per heavy atom. The third-order valence-corrected chi connectivity index (χ3v) is 6.01. The molecule has 8 heteroatoms. The number of hydrogen-bond donors (Lipinski definition) is 1. The Morgan fingerprint density at radius 1 is 1.53 bits per heavy atom. The standard InChI is InChI=1S/C11H16N2O4S2/c1-8-6-13(3-4-18-8)19(16,17)9-5-10(11(14)15)12(2)7-9/h5,7-8H,3-4,6H2,1-2H3,(H,14,15). The second kappa shape index (κ2) is 5.18. The molecule has 106 valence electrons. The maximum absolute atomic E-state index is 12.4. The molecule has 0 aromatic carbocycles. The Kier molecular flexibility index (Phi) is 3.93. The van der Waals surface area contributed by atoms with E-state index in [1.54, 1.807) is 11.8 Å². The number of carboxylic acids is 1. The molecule has 0 spiro atoms. The van der Waals surface area contributed by atoms with E-state index < -0.39 is 16.0 Å². The molecule has 0 amide bonds. The summed E-state index contributed by atoms with van der Waals surface area (Å²) in [6.45, 7) is 2.92. The number of carboxylic acid groups (broad SMARTS) is 1. The SMILES string of the molecule is CC1CN(S(=O)(=O)c2cc(C(=O)O)n(C)c2)CCS1. The normalized spacial score (nSPS) is 21.5. The van der Waals surface area contributed by atoms with E-state index in [1.165, 1.54) is 28.2 Å². The molecule has 1 N–H and O–H groups in total. The van der Waals surface area contributed by atoms with Crippen molar-refractivity contribution in [3.05, 3.63) is 18.0 Å². The summed E-state index contributed by atoms with van der Waals surface area (Å²) < 4.78 is 27.6. The Labute approximate surface area is 116 Å². The van der Waals surface area contributed by atoms with Crippen LogP contribution in [0.15, 0.2) is 17.2 Å². The van der Waals surface area contributed by atoms with Crippen LogP contribution in [-0.2, 0) is 17.1 Å². The lowest BCUT2D eigenvalue weighted by Crippen LogP contribution is -2.40. The van der Waals surface area contributed by atoms with E-state index in [2.05, 4.69) is 0 Å². The lowest BCUT2D eigenvalue weighted by molar-refractivity contribution is 0.0686. The van der Waals surface area contributed by atoms with Gasteiger partial charge in [0.15, 0.2) is 0 Å². The summed E-state index contributed by atoms with van der Waals surface area (Å²) in [6, 6.07) is 1.21. The van der Waals surface area contributed by atoms with E-state index in [1.807, 2.05) is 6.92 Å². The second-order valence-electron chi connectivity index (χ2n) is 4.52. The molecular weight excluding hydrogens is 288 g/mol. The van der Waals surface area contributed by atoms with Gasteiger partial charge in [0.2, 0.25) is 10.0 Å². The lowest BCUT2D eigenvalue weighted by Gasteiger charge is -2.29. The van der Waals surface area contributed by atoms with Gasteiger partial charge in [-0.15, -0.1) is 0 Å². The van der Waals surface area contributed by atoms with E-state index in [4.69, 9.17) is 5.11 Å². The van der Waals surface area contributed by atoms with E-state index in [9.17, 15) is 13.2 Å². The van der Waals surface area contributed by atoms with Crippen LogP contribution in [0.25, 0.3) is 0 Å². The van der Waals surface area contributed by atoms with Gasteiger partial charge in [-0.05, 0) is 6.07 Å². The minimum atomic E-state index is -3.59. The molecule has 2 rings (SSSR count). The van der Waals surface area contributed by atoms with Crippen LogP contribution in [0.2, 0.25) is 0 Å². The zero-order chi connectivity index (χ0) is 14.2. The van der Waals surface area contributed by atoms with Crippen molar-refractivity contribution < 1.29 is 18.3 Å². The van der Waals surface area contributed by atoms with Gasteiger partial charge in [-0.2, -0.15) is 16.1 Å². The van der Waals surface area contributed by atoms with Crippen LogP contribution in [-0.4, -0.2) is 52.5 Å². The average molecular weight is 304 g/mol. The highest BCUT2D eigenvalue weighted by molar-refractivity contribution is 8.00. The lowest BCUT2D eigenvalue weighted by atomic mass is 10.4. The molecule has 6 nitrogen and oxygen atoms in total. The first-order valence-corrected chi connectivity index (χ1v) is 8.32. The maximum Gasteiger partial charge on any atom is 0.352 e. The van der Waals surface area contributed by atoms with E-state index in [-0.39, 0.29) is 15.8 Å². The fourth-order valence-corrected chi connectivity index (χ4v) is 4.87. The molecule has 0 saturated carbocycles. The molecule has 1 aliphatic rings. The largest absolute Gasteiger partial charge is 0.477 e. The summed E-state index contributed by atoms with van der Waals surface area (Å²) in [4.78, 5) is 11.0. The predicted molar refractivity (Wildman–Crippen MR) is 73.1 cm³/mol. The molecule has 1 aliphatic heterocycles. The van der Waals surface area contributed by atoms with Crippen LogP contribution in [0.5, 0.6) is 0 Å². The fourth-order valence-electron chi connectivity index (χ4n) is 2.04. The number of thioether (sulfide) groups is 1. The van der Waals surface area contributed by atoms with E-state index >= 15 is 0 Å². The Morgan fingerprint density at radius 3 is 2.74 bits per heavy atom. The zero-order valence-electron chi connectivity index (χ0n) is 10.7. The Hall–Kier alpha value is -0.990. The number of carbonyl (C=O) groups is 1. The van der Waals surface area contributed by atoms with Gasteiger partial charge in [-0.25, -0.2) is 13.2 Å². The van der Waals surface area contributed by atoms with Crippen molar-refractivity contribution in [2.45, 2.75) is 17.1 Å². The minimum absolute atomic E-state index is 0.0296. The molecule has 0 aliphatic carbocycles. The Bertz CT molecular complexity index is 594. The van der Waals surface area contributed by atoms with Gasteiger partial charge in [0.25, 0.3) is 0 Å². The highest BCUT2D eigenvalue weighted by Crippen LogP contribution is 2.25. The van der Waals surface area contributed by atoms with Crippen molar-refractivity contribution in [3.63, 3.8) is 0 Å².